The van der Waals surface area contributed by atoms with Crippen molar-refractivity contribution >= 4 is 9.84 Å². The molecule has 1 N–H and O–H groups in total. The van der Waals surface area contributed by atoms with Crippen molar-refractivity contribution in [1.82, 2.24) is 9.78 Å². The zero-order chi connectivity index (χ0) is 11.6. The summed E-state index contributed by atoms with van der Waals surface area (Å²) in [6.45, 7) is 5.31. The van der Waals surface area contributed by atoms with Crippen molar-refractivity contribution in [3.05, 3.63) is 21.6 Å². The molecule has 0 saturated carbocycles. The van der Waals surface area contributed by atoms with E-state index in [0.29, 0.717) is 5.56 Å². The molecule has 0 saturated heterocycles. The summed E-state index contributed by atoms with van der Waals surface area (Å²) in [5, 5.41) is 2.85. The Balaban J connectivity index is 2.84. The maximum atomic E-state index is 11.5. The molecule has 1 heterocycles. The quantitative estimate of drug-likeness (QED) is 0.807. The first-order valence-electron chi connectivity index (χ1n) is 4.84. The molecule has 5 nitrogen and oxygen atoms in total. The van der Waals surface area contributed by atoms with Crippen LogP contribution in [0.1, 0.15) is 18.2 Å². The summed E-state index contributed by atoms with van der Waals surface area (Å²) in [5.74, 6) is 0.114. The van der Waals surface area contributed by atoms with E-state index in [2.05, 4.69) is 5.10 Å². The second-order valence-electron chi connectivity index (χ2n) is 3.55. The molecule has 1 rings (SSSR count). The standard InChI is InChI=1S/C9H16N2O3S/c1-4-15(13,14)6-5-11-9(12)7(2)8(3)10-11/h10H,4-6H2,1-3H3. The van der Waals surface area contributed by atoms with Gasteiger partial charge in [-0.1, -0.05) is 6.92 Å². The minimum absolute atomic E-state index is 0.00278. The first-order chi connectivity index (χ1) is 6.87. The van der Waals surface area contributed by atoms with Crippen molar-refractivity contribution in [2.24, 2.45) is 0 Å². The Kier molecular flexibility index (Phi) is 3.38. The number of H-pyrrole nitrogens is 1. The van der Waals surface area contributed by atoms with E-state index < -0.39 is 9.84 Å². The van der Waals surface area contributed by atoms with Gasteiger partial charge in [0.15, 0.2) is 9.84 Å². The summed E-state index contributed by atoms with van der Waals surface area (Å²) < 4.78 is 23.8. The van der Waals surface area contributed by atoms with Crippen LogP contribution in [0.15, 0.2) is 4.79 Å². The summed E-state index contributed by atoms with van der Waals surface area (Å²) in [5.41, 5.74) is 1.29. The van der Waals surface area contributed by atoms with Gasteiger partial charge in [-0.05, 0) is 13.8 Å². The molecule has 0 atom stereocenters. The van der Waals surface area contributed by atoms with E-state index in [0.717, 1.165) is 5.69 Å². The third-order valence-electron chi connectivity index (χ3n) is 2.50. The van der Waals surface area contributed by atoms with Crippen LogP contribution >= 0.6 is 0 Å². The van der Waals surface area contributed by atoms with Crippen molar-refractivity contribution < 1.29 is 8.42 Å². The lowest BCUT2D eigenvalue weighted by atomic mass is 10.3. The molecule has 0 aliphatic heterocycles. The molecule has 0 aromatic carbocycles. The second-order valence-corrected chi connectivity index (χ2v) is 6.03. The van der Waals surface area contributed by atoms with Crippen molar-refractivity contribution in [3.8, 4) is 0 Å². The maximum absolute atomic E-state index is 11.5. The van der Waals surface area contributed by atoms with Crippen molar-refractivity contribution in [2.45, 2.75) is 27.3 Å². The van der Waals surface area contributed by atoms with Crippen LogP contribution in [0.3, 0.4) is 0 Å². The Hall–Kier alpha value is -1.04. The average molecular weight is 232 g/mol. The van der Waals surface area contributed by atoms with Crippen LogP contribution in [0.5, 0.6) is 0 Å². The van der Waals surface area contributed by atoms with Gasteiger partial charge in [0.1, 0.15) is 0 Å². The van der Waals surface area contributed by atoms with Gasteiger partial charge >= 0.3 is 0 Å². The third-order valence-corrected chi connectivity index (χ3v) is 4.18. The molecule has 0 amide bonds. The Morgan fingerprint density at radius 2 is 1.93 bits per heavy atom. The number of aromatic amines is 1. The Labute approximate surface area is 89.0 Å². The zero-order valence-corrected chi connectivity index (χ0v) is 10.0. The van der Waals surface area contributed by atoms with E-state index in [9.17, 15) is 13.2 Å². The van der Waals surface area contributed by atoms with E-state index >= 15 is 0 Å². The van der Waals surface area contributed by atoms with E-state index in [-0.39, 0.29) is 23.6 Å². The Bertz CT molecular complexity index is 496. The van der Waals surface area contributed by atoms with Gasteiger partial charge in [-0.15, -0.1) is 0 Å². The van der Waals surface area contributed by atoms with Gasteiger partial charge in [-0.25, -0.2) is 8.42 Å². The highest BCUT2D eigenvalue weighted by Crippen LogP contribution is 1.97. The molecule has 6 heteroatoms. The lowest BCUT2D eigenvalue weighted by Gasteiger charge is -2.01. The SMILES string of the molecule is CCS(=O)(=O)CCn1[nH]c(C)c(C)c1=O. The van der Waals surface area contributed by atoms with Crippen LogP contribution in [0.4, 0.5) is 0 Å². The monoisotopic (exact) mass is 232 g/mol. The predicted octanol–water partition coefficient (Wildman–Crippen LogP) is 0.228. The average Bonchev–Trinajstić information content (AvgIpc) is 2.43. The Morgan fingerprint density at radius 3 is 2.33 bits per heavy atom. The molecule has 86 valence electrons. The molecule has 0 aliphatic carbocycles. The van der Waals surface area contributed by atoms with Gasteiger partial charge in [0.2, 0.25) is 0 Å². The number of aryl methyl sites for hydroxylation is 2. The topological polar surface area (TPSA) is 71.9 Å². The molecule has 0 spiro atoms. The van der Waals surface area contributed by atoms with Gasteiger partial charge in [0.05, 0.1) is 12.3 Å². The Morgan fingerprint density at radius 1 is 1.33 bits per heavy atom. The van der Waals surface area contributed by atoms with Gasteiger partial charge in [0.25, 0.3) is 5.56 Å². The largest absolute Gasteiger partial charge is 0.300 e. The minimum atomic E-state index is -3.02. The van der Waals surface area contributed by atoms with Crippen LogP contribution < -0.4 is 5.56 Å². The van der Waals surface area contributed by atoms with Crippen LogP contribution in [-0.4, -0.2) is 29.7 Å². The molecule has 0 bridgehead atoms. The molecule has 0 fully saturated rings. The molecule has 0 radical (unpaired) electrons. The number of hydrogen-bond donors (Lipinski definition) is 1. The van der Waals surface area contributed by atoms with Crippen molar-refractivity contribution in [3.63, 3.8) is 0 Å². The molecular weight excluding hydrogens is 216 g/mol. The van der Waals surface area contributed by atoms with E-state index in [1.165, 1.54) is 4.68 Å². The summed E-state index contributed by atoms with van der Waals surface area (Å²) in [7, 11) is -3.02. The van der Waals surface area contributed by atoms with Crippen molar-refractivity contribution in [1.29, 1.82) is 0 Å². The number of sulfone groups is 1. The summed E-state index contributed by atoms with van der Waals surface area (Å²) in [6.07, 6.45) is 0. The fraction of sp³-hybridized carbons (Fsp3) is 0.667. The molecule has 15 heavy (non-hydrogen) atoms. The summed E-state index contributed by atoms with van der Waals surface area (Å²) in [6, 6.07) is 0. The molecule has 0 aliphatic rings. The highest BCUT2D eigenvalue weighted by molar-refractivity contribution is 7.91. The van der Waals surface area contributed by atoms with Crippen LogP contribution in [0.2, 0.25) is 0 Å². The third kappa shape index (κ3) is 2.71. The summed E-state index contributed by atoms with van der Waals surface area (Å²) >= 11 is 0. The highest BCUT2D eigenvalue weighted by atomic mass is 32.2. The van der Waals surface area contributed by atoms with Crippen LogP contribution in [-0.2, 0) is 16.4 Å². The zero-order valence-electron chi connectivity index (χ0n) is 9.20. The van der Waals surface area contributed by atoms with E-state index in [1.807, 2.05) is 0 Å². The number of hydrogen-bond acceptors (Lipinski definition) is 3. The number of nitrogens with one attached hydrogen (secondary N) is 1. The van der Waals surface area contributed by atoms with Crippen LogP contribution in [0.25, 0.3) is 0 Å². The fourth-order valence-electron chi connectivity index (χ4n) is 1.23. The fourth-order valence-corrected chi connectivity index (χ4v) is 1.98. The van der Waals surface area contributed by atoms with E-state index in [1.54, 1.807) is 20.8 Å². The van der Waals surface area contributed by atoms with Crippen molar-refractivity contribution in [2.75, 3.05) is 11.5 Å². The first kappa shape index (κ1) is 12.0. The molecular formula is C9H16N2O3S. The smallest absolute Gasteiger partial charge is 0.269 e. The minimum Gasteiger partial charge on any atom is -0.300 e. The predicted molar refractivity (Wildman–Crippen MR) is 58.9 cm³/mol. The van der Waals surface area contributed by atoms with Gasteiger partial charge in [-0.3, -0.25) is 14.6 Å². The van der Waals surface area contributed by atoms with Gasteiger partial charge < -0.3 is 0 Å². The molecule has 1 aromatic heterocycles. The molecule has 1 aromatic rings. The highest BCUT2D eigenvalue weighted by Gasteiger charge is 2.11. The number of aromatic nitrogens is 2. The number of nitrogens with zero attached hydrogens (tertiary/aromatic N) is 1. The normalized spacial score (nSPS) is 11.9. The lowest BCUT2D eigenvalue weighted by Crippen LogP contribution is -2.23. The first-order valence-corrected chi connectivity index (χ1v) is 6.66. The lowest BCUT2D eigenvalue weighted by molar-refractivity contribution is 0.576. The van der Waals surface area contributed by atoms with Crippen LogP contribution in [0, 0.1) is 13.8 Å². The maximum Gasteiger partial charge on any atom is 0.269 e. The van der Waals surface area contributed by atoms with E-state index in [4.69, 9.17) is 0 Å². The number of rotatable bonds is 4. The summed E-state index contributed by atoms with van der Waals surface area (Å²) in [4.78, 5) is 11.5. The van der Waals surface area contributed by atoms with Gasteiger partial charge in [-0.2, -0.15) is 0 Å². The van der Waals surface area contributed by atoms with Gasteiger partial charge in [0, 0.05) is 17.0 Å². The molecule has 0 unspecified atom stereocenters. The second kappa shape index (κ2) is 4.22.